The molecule has 0 saturated carbocycles. The van der Waals surface area contributed by atoms with E-state index in [4.69, 9.17) is 4.74 Å². The van der Waals surface area contributed by atoms with Gasteiger partial charge in [0.1, 0.15) is 11.0 Å². The molecular weight excluding hydrogens is 518 g/mol. The zero-order chi connectivity index (χ0) is 23.8. The number of anilines is 1. The van der Waals surface area contributed by atoms with Crippen LogP contribution in [-0.2, 0) is 27.4 Å². The molecule has 4 rings (SSSR count). The molecule has 1 atom stereocenters. The highest BCUT2D eigenvalue weighted by Crippen LogP contribution is 2.29. The van der Waals surface area contributed by atoms with Gasteiger partial charge in [-0.1, -0.05) is 30.3 Å². The van der Waals surface area contributed by atoms with Crippen LogP contribution in [-0.4, -0.2) is 39.4 Å². The Morgan fingerprint density at radius 3 is 2.56 bits per heavy atom. The summed E-state index contributed by atoms with van der Waals surface area (Å²) in [5.41, 5.74) is 3.20. The van der Waals surface area contributed by atoms with Crippen molar-refractivity contribution in [3.05, 3.63) is 88.4 Å². The summed E-state index contributed by atoms with van der Waals surface area (Å²) in [5.74, 6) is -0.673. The van der Waals surface area contributed by atoms with Gasteiger partial charge in [0, 0.05) is 23.1 Å². The van der Waals surface area contributed by atoms with Gasteiger partial charge >= 0.3 is 0 Å². The van der Waals surface area contributed by atoms with Crippen LogP contribution in [0.2, 0.25) is 0 Å². The lowest BCUT2D eigenvalue weighted by atomic mass is 10.2. The van der Waals surface area contributed by atoms with E-state index in [2.05, 4.69) is 41.5 Å². The van der Waals surface area contributed by atoms with E-state index in [1.54, 1.807) is 24.5 Å². The number of ether oxygens (including phenoxy) is 1. The molecule has 0 spiro atoms. The Kier molecular flexibility index (Phi) is 8.18. The lowest BCUT2D eigenvalue weighted by Gasteiger charge is -2.19. The molecular formula is C24H22BrN5O3S. The maximum Gasteiger partial charge on any atom is 0.249 e. The first-order chi connectivity index (χ1) is 16.6. The highest BCUT2D eigenvalue weighted by atomic mass is 79.9. The first kappa shape index (κ1) is 23.8. The largest absolute Gasteiger partial charge is 0.374 e. The molecule has 3 N–H and O–H groups in total. The Bertz CT molecular complexity index is 1210. The second-order valence-electron chi connectivity index (χ2n) is 7.41. The summed E-state index contributed by atoms with van der Waals surface area (Å²) in [4.78, 5) is 36.7. The number of halogens is 1. The van der Waals surface area contributed by atoms with E-state index in [-0.39, 0.29) is 24.8 Å². The number of imidazole rings is 1. The number of amides is 2. The quantitative estimate of drug-likeness (QED) is 0.280. The second-order valence-corrected chi connectivity index (χ2v) is 9.82. The van der Waals surface area contributed by atoms with Crippen molar-refractivity contribution in [3.63, 3.8) is 0 Å². The van der Waals surface area contributed by atoms with E-state index < -0.39 is 6.04 Å². The van der Waals surface area contributed by atoms with Gasteiger partial charge < -0.3 is 20.4 Å². The number of benzene rings is 2. The third-order valence-electron chi connectivity index (χ3n) is 4.83. The first-order valence-corrected chi connectivity index (χ1v) is 12.1. The van der Waals surface area contributed by atoms with Gasteiger partial charge in [0.25, 0.3) is 0 Å². The van der Waals surface area contributed by atoms with Gasteiger partial charge in [0.05, 0.1) is 35.9 Å². The molecule has 2 amide bonds. The van der Waals surface area contributed by atoms with Crippen LogP contribution >= 0.6 is 27.3 Å². The monoisotopic (exact) mass is 539 g/mol. The number of H-pyrrole nitrogens is 1. The normalized spacial score (nSPS) is 11.7. The van der Waals surface area contributed by atoms with Crippen LogP contribution in [0, 0.1) is 0 Å². The molecule has 1 unspecified atom stereocenters. The Labute approximate surface area is 208 Å². The summed E-state index contributed by atoms with van der Waals surface area (Å²) in [6, 6.07) is 16.2. The van der Waals surface area contributed by atoms with Gasteiger partial charge in [-0.3, -0.25) is 9.59 Å². The number of aromatic nitrogens is 3. The molecule has 0 radical (unpaired) electrons. The third-order valence-corrected chi connectivity index (χ3v) is 6.36. The molecule has 174 valence electrons. The number of rotatable bonds is 10. The van der Waals surface area contributed by atoms with Gasteiger partial charge in [-0.2, -0.15) is 0 Å². The molecule has 10 heteroatoms. The van der Waals surface area contributed by atoms with Crippen molar-refractivity contribution in [2.24, 2.45) is 0 Å². The zero-order valence-corrected chi connectivity index (χ0v) is 20.4. The Hall–Kier alpha value is -3.34. The fourth-order valence-corrected chi connectivity index (χ4v) is 4.38. The minimum Gasteiger partial charge on any atom is -0.374 e. The molecule has 0 fully saturated rings. The molecule has 0 aliphatic heterocycles. The summed E-state index contributed by atoms with van der Waals surface area (Å²) >= 11 is 4.94. The van der Waals surface area contributed by atoms with Gasteiger partial charge in [-0.25, -0.2) is 9.97 Å². The number of carbonyl (C=O) groups is 2. The van der Waals surface area contributed by atoms with Crippen LogP contribution in [0.5, 0.6) is 0 Å². The number of hydrogen-bond donors (Lipinski definition) is 3. The van der Waals surface area contributed by atoms with Crippen LogP contribution in [0.3, 0.4) is 0 Å². The fourth-order valence-electron chi connectivity index (χ4n) is 3.16. The van der Waals surface area contributed by atoms with Gasteiger partial charge in [-0.05, 0) is 45.8 Å². The number of carbonyl (C=O) groups excluding carboxylic acids is 2. The van der Waals surface area contributed by atoms with E-state index in [0.717, 1.165) is 19.9 Å². The van der Waals surface area contributed by atoms with Crippen LogP contribution in [0.4, 0.5) is 5.69 Å². The standard InChI is InChI=1S/C24H22BrN5O3S/c25-21-12-27-24(34-21)17-6-8-18(9-7-17)29-23(32)20(14-33-13-16-4-2-1-3-5-16)30-22(31)10-19-11-26-15-28-19/h1-9,11-12,15,20H,10,13-14H2,(H,26,28)(H,29,32)(H,30,31). The predicted octanol–water partition coefficient (Wildman–Crippen LogP) is 4.18. The van der Waals surface area contributed by atoms with Crippen molar-refractivity contribution >= 4 is 44.8 Å². The average molecular weight is 540 g/mol. The average Bonchev–Trinajstić information content (AvgIpc) is 3.51. The van der Waals surface area contributed by atoms with E-state index >= 15 is 0 Å². The minimum absolute atomic E-state index is 0.0284. The van der Waals surface area contributed by atoms with Crippen molar-refractivity contribution in [2.45, 2.75) is 19.1 Å². The smallest absolute Gasteiger partial charge is 0.249 e. The van der Waals surface area contributed by atoms with Gasteiger partial charge in [0.15, 0.2) is 0 Å². The molecule has 8 nitrogen and oxygen atoms in total. The SMILES string of the molecule is O=C(Cc1cnc[nH]1)NC(COCc1ccccc1)C(=O)Nc1ccc(-c2ncc(Br)s2)cc1. The second kappa shape index (κ2) is 11.7. The van der Waals surface area contributed by atoms with Crippen LogP contribution < -0.4 is 10.6 Å². The Balaban J connectivity index is 1.39. The molecule has 0 aliphatic rings. The zero-order valence-electron chi connectivity index (χ0n) is 18.0. The Morgan fingerprint density at radius 2 is 1.88 bits per heavy atom. The minimum atomic E-state index is -0.867. The van der Waals surface area contributed by atoms with Crippen molar-refractivity contribution in [1.82, 2.24) is 20.3 Å². The number of nitrogens with one attached hydrogen (secondary N) is 3. The summed E-state index contributed by atoms with van der Waals surface area (Å²) in [7, 11) is 0. The molecule has 0 saturated heterocycles. The number of aromatic amines is 1. The topological polar surface area (TPSA) is 109 Å². The molecule has 0 bridgehead atoms. The lowest BCUT2D eigenvalue weighted by molar-refractivity contribution is -0.127. The van der Waals surface area contributed by atoms with E-state index in [9.17, 15) is 9.59 Å². The van der Waals surface area contributed by atoms with Gasteiger partial charge in [0.2, 0.25) is 11.8 Å². The highest BCUT2D eigenvalue weighted by Gasteiger charge is 2.22. The summed E-state index contributed by atoms with van der Waals surface area (Å²) in [6.07, 6.45) is 4.91. The van der Waals surface area contributed by atoms with Crippen LogP contribution in [0.25, 0.3) is 10.6 Å². The van der Waals surface area contributed by atoms with Crippen molar-refractivity contribution in [3.8, 4) is 10.6 Å². The van der Waals surface area contributed by atoms with E-state index in [1.807, 2.05) is 42.5 Å². The van der Waals surface area contributed by atoms with E-state index in [1.165, 1.54) is 17.7 Å². The third kappa shape index (κ3) is 6.83. The number of nitrogens with zero attached hydrogens (tertiary/aromatic N) is 2. The summed E-state index contributed by atoms with van der Waals surface area (Å²) in [6.45, 7) is 0.361. The molecule has 4 aromatic rings. The van der Waals surface area contributed by atoms with Crippen LogP contribution in [0.15, 0.2) is 77.1 Å². The molecule has 34 heavy (non-hydrogen) atoms. The lowest BCUT2D eigenvalue weighted by Crippen LogP contribution is -2.47. The maximum atomic E-state index is 13.0. The number of hydrogen-bond acceptors (Lipinski definition) is 6. The summed E-state index contributed by atoms with van der Waals surface area (Å²) < 4.78 is 6.70. The van der Waals surface area contributed by atoms with E-state index in [0.29, 0.717) is 18.0 Å². The van der Waals surface area contributed by atoms with Crippen molar-refractivity contribution in [2.75, 3.05) is 11.9 Å². The van der Waals surface area contributed by atoms with Gasteiger partial charge in [-0.15, -0.1) is 11.3 Å². The molecule has 2 heterocycles. The molecule has 2 aromatic carbocycles. The van der Waals surface area contributed by atoms with Crippen molar-refractivity contribution < 1.29 is 14.3 Å². The predicted molar refractivity (Wildman–Crippen MR) is 134 cm³/mol. The van der Waals surface area contributed by atoms with Crippen molar-refractivity contribution in [1.29, 1.82) is 0 Å². The first-order valence-electron chi connectivity index (χ1n) is 10.5. The molecule has 0 aliphatic carbocycles. The van der Waals surface area contributed by atoms with Crippen LogP contribution in [0.1, 0.15) is 11.3 Å². The summed E-state index contributed by atoms with van der Waals surface area (Å²) in [5, 5.41) is 6.50. The number of thiazole rings is 1. The Morgan fingerprint density at radius 1 is 1.09 bits per heavy atom. The molecule has 2 aromatic heterocycles. The fraction of sp³-hybridized carbons (Fsp3) is 0.167. The maximum absolute atomic E-state index is 13.0. The highest BCUT2D eigenvalue weighted by molar-refractivity contribution is 9.11.